The molecular formula is C24H33NO5. The SMILES string of the molecule is C[C@H]1[C@@H](CCC(=O)Cc2cccnc2)O[C@@H]2O[C@]3(C)CC[C@H]4[C@H](C)CC[C@@H]1[C@@]24OO3. The van der Waals surface area contributed by atoms with E-state index >= 15 is 0 Å². The molecular weight excluding hydrogens is 382 g/mol. The van der Waals surface area contributed by atoms with Crippen molar-refractivity contribution in [3.05, 3.63) is 30.1 Å². The van der Waals surface area contributed by atoms with Crippen LogP contribution >= 0.6 is 0 Å². The van der Waals surface area contributed by atoms with Crippen LogP contribution in [-0.4, -0.2) is 34.5 Å². The van der Waals surface area contributed by atoms with Gasteiger partial charge in [0.15, 0.2) is 11.9 Å². The molecule has 5 heterocycles. The van der Waals surface area contributed by atoms with Gasteiger partial charge in [0.1, 0.15) is 5.78 Å². The van der Waals surface area contributed by atoms with Crippen LogP contribution in [0.1, 0.15) is 64.9 Å². The van der Waals surface area contributed by atoms with Gasteiger partial charge in [-0.25, -0.2) is 9.78 Å². The van der Waals surface area contributed by atoms with Gasteiger partial charge in [-0.15, -0.1) is 0 Å². The Hall–Kier alpha value is -1.34. The standard InChI is InChI=1S/C24H33NO5/c1-15-6-8-20-16(2)21(9-7-18(26)13-17-5-4-12-25-14-17)27-22-24(20)19(15)10-11-23(3,28-22)29-30-24/h4-5,12,14-16,19-22H,6-11,13H2,1-3H3/t15-,16-,19+,20+,21-,22-,23+,24-/m1/s1. The van der Waals surface area contributed by atoms with Gasteiger partial charge in [-0.05, 0) is 62.0 Å². The van der Waals surface area contributed by atoms with Crippen LogP contribution in [0.2, 0.25) is 0 Å². The molecule has 1 aliphatic carbocycles. The van der Waals surface area contributed by atoms with Crippen molar-refractivity contribution in [2.45, 2.75) is 89.5 Å². The lowest BCUT2D eigenvalue weighted by molar-refractivity contribution is -0.571. The topological polar surface area (TPSA) is 66.9 Å². The predicted molar refractivity (Wildman–Crippen MR) is 109 cm³/mol. The molecule has 1 aromatic rings. The number of carbonyl (C=O) groups is 1. The van der Waals surface area contributed by atoms with Gasteiger partial charge in [0, 0.05) is 37.6 Å². The molecule has 6 rings (SSSR count). The molecule has 5 aliphatic rings. The Morgan fingerprint density at radius 1 is 1.20 bits per heavy atom. The lowest BCUT2D eigenvalue weighted by Crippen LogP contribution is -2.70. The number of carbonyl (C=O) groups excluding carboxylic acids is 1. The highest BCUT2D eigenvalue weighted by Gasteiger charge is 2.69. The van der Waals surface area contributed by atoms with E-state index in [0.717, 1.165) is 24.8 Å². The Kier molecular flexibility index (Phi) is 5.25. The second-order valence-corrected chi connectivity index (χ2v) is 10.1. The molecule has 6 heteroatoms. The zero-order valence-corrected chi connectivity index (χ0v) is 18.2. The van der Waals surface area contributed by atoms with Gasteiger partial charge in [-0.2, -0.15) is 0 Å². The highest BCUT2D eigenvalue weighted by atomic mass is 17.3. The van der Waals surface area contributed by atoms with E-state index in [9.17, 15) is 4.79 Å². The third-order valence-corrected chi connectivity index (χ3v) is 8.13. The monoisotopic (exact) mass is 415 g/mol. The summed E-state index contributed by atoms with van der Waals surface area (Å²) >= 11 is 0. The molecule has 4 aliphatic heterocycles. The fourth-order valence-electron chi connectivity index (χ4n) is 6.43. The fourth-order valence-corrected chi connectivity index (χ4v) is 6.43. The molecule has 6 nitrogen and oxygen atoms in total. The summed E-state index contributed by atoms with van der Waals surface area (Å²) in [6, 6.07) is 3.82. The number of fused-ring (bicyclic) bond motifs is 2. The van der Waals surface area contributed by atoms with Crippen LogP contribution in [0, 0.1) is 23.7 Å². The maximum absolute atomic E-state index is 12.6. The van der Waals surface area contributed by atoms with Crippen molar-refractivity contribution in [2.24, 2.45) is 23.7 Å². The van der Waals surface area contributed by atoms with Crippen LogP contribution in [-0.2, 0) is 30.5 Å². The molecule has 0 aromatic carbocycles. The van der Waals surface area contributed by atoms with E-state index in [0.29, 0.717) is 37.0 Å². The highest BCUT2D eigenvalue weighted by molar-refractivity contribution is 5.80. The van der Waals surface area contributed by atoms with Crippen molar-refractivity contribution in [2.75, 3.05) is 0 Å². The van der Waals surface area contributed by atoms with E-state index in [4.69, 9.17) is 19.2 Å². The Labute approximate surface area is 178 Å². The van der Waals surface area contributed by atoms with Crippen LogP contribution in [0.4, 0.5) is 0 Å². The summed E-state index contributed by atoms with van der Waals surface area (Å²) in [5.74, 6) is 1.02. The van der Waals surface area contributed by atoms with Crippen LogP contribution in [0.15, 0.2) is 24.5 Å². The molecule has 30 heavy (non-hydrogen) atoms. The average molecular weight is 416 g/mol. The van der Waals surface area contributed by atoms with Crippen molar-refractivity contribution in [3.63, 3.8) is 0 Å². The minimum absolute atomic E-state index is 0.0101. The van der Waals surface area contributed by atoms with E-state index in [1.807, 2.05) is 19.1 Å². The molecule has 0 amide bonds. The van der Waals surface area contributed by atoms with Crippen LogP contribution in [0.3, 0.4) is 0 Å². The first-order chi connectivity index (χ1) is 14.4. The first kappa shape index (κ1) is 20.6. The molecule has 0 unspecified atom stereocenters. The molecule has 0 radical (unpaired) electrons. The lowest BCUT2D eigenvalue weighted by Gasteiger charge is -2.60. The fraction of sp³-hybridized carbons (Fsp3) is 0.750. The lowest BCUT2D eigenvalue weighted by atomic mass is 9.57. The number of pyridine rings is 1. The van der Waals surface area contributed by atoms with E-state index in [1.165, 1.54) is 6.42 Å². The van der Waals surface area contributed by atoms with Crippen molar-refractivity contribution >= 4 is 5.78 Å². The van der Waals surface area contributed by atoms with E-state index in [2.05, 4.69) is 18.8 Å². The van der Waals surface area contributed by atoms with Gasteiger partial charge in [-0.3, -0.25) is 9.78 Å². The Morgan fingerprint density at radius 3 is 2.87 bits per heavy atom. The predicted octanol–water partition coefficient (Wildman–Crippen LogP) is 4.22. The molecule has 1 spiro atoms. The summed E-state index contributed by atoms with van der Waals surface area (Å²) in [5.41, 5.74) is 0.439. The largest absolute Gasteiger partial charge is 0.346 e. The number of hydrogen-bond acceptors (Lipinski definition) is 6. The van der Waals surface area contributed by atoms with Crippen LogP contribution in [0.5, 0.6) is 0 Å². The zero-order valence-electron chi connectivity index (χ0n) is 18.2. The summed E-state index contributed by atoms with van der Waals surface area (Å²) in [7, 11) is 0. The number of ketones is 1. The Bertz CT molecular complexity index is 787. The van der Waals surface area contributed by atoms with Crippen LogP contribution < -0.4 is 0 Å². The average Bonchev–Trinajstić information content (AvgIpc) is 2.96. The molecule has 5 fully saturated rings. The molecule has 1 aromatic heterocycles. The van der Waals surface area contributed by atoms with Crippen molar-refractivity contribution in [3.8, 4) is 0 Å². The minimum Gasteiger partial charge on any atom is -0.346 e. The van der Waals surface area contributed by atoms with Crippen molar-refractivity contribution in [1.82, 2.24) is 4.98 Å². The van der Waals surface area contributed by atoms with E-state index in [-0.39, 0.29) is 17.8 Å². The number of nitrogens with zero attached hydrogens (tertiary/aromatic N) is 1. The summed E-state index contributed by atoms with van der Waals surface area (Å²) in [5, 5.41) is 0. The Balaban J connectivity index is 1.32. The first-order valence-corrected chi connectivity index (χ1v) is 11.5. The molecule has 164 valence electrons. The minimum atomic E-state index is -0.751. The maximum Gasteiger partial charge on any atom is 0.201 e. The van der Waals surface area contributed by atoms with E-state index in [1.54, 1.807) is 12.4 Å². The zero-order chi connectivity index (χ0) is 20.9. The van der Waals surface area contributed by atoms with Gasteiger partial charge in [0.2, 0.25) is 5.79 Å². The third-order valence-electron chi connectivity index (χ3n) is 8.13. The number of aromatic nitrogens is 1. The smallest absolute Gasteiger partial charge is 0.201 e. The number of Topliss-reactive ketones (excluding diaryl/α,β-unsaturated/α-hetero) is 1. The second kappa shape index (κ2) is 7.66. The second-order valence-electron chi connectivity index (χ2n) is 10.1. The molecule has 1 saturated carbocycles. The molecule has 0 N–H and O–H groups in total. The van der Waals surface area contributed by atoms with Gasteiger partial charge >= 0.3 is 0 Å². The number of hydrogen-bond donors (Lipinski definition) is 0. The van der Waals surface area contributed by atoms with Gasteiger partial charge in [0.25, 0.3) is 0 Å². The third kappa shape index (κ3) is 3.32. The molecule has 2 bridgehead atoms. The number of ether oxygens (including phenoxy) is 2. The number of rotatable bonds is 5. The van der Waals surface area contributed by atoms with Gasteiger partial charge in [-0.1, -0.05) is 19.9 Å². The van der Waals surface area contributed by atoms with Crippen molar-refractivity contribution in [1.29, 1.82) is 0 Å². The van der Waals surface area contributed by atoms with Crippen LogP contribution in [0.25, 0.3) is 0 Å². The summed E-state index contributed by atoms with van der Waals surface area (Å²) in [6.45, 7) is 6.52. The maximum atomic E-state index is 12.6. The van der Waals surface area contributed by atoms with Gasteiger partial charge < -0.3 is 9.47 Å². The first-order valence-electron chi connectivity index (χ1n) is 11.5. The quantitative estimate of drug-likeness (QED) is 0.671. The Morgan fingerprint density at radius 2 is 2.07 bits per heavy atom. The summed E-state index contributed by atoms with van der Waals surface area (Å²) in [6.07, 6.45) is 8.84. The van der Waals surface area contributed by atoms with E-state index < -0.39 is 17.7 Å². The summed E-state index contributed by atoms with van der Waals surface area (Å²) in [4.78, 5) is 28.7. The summed E-state index contributed by atoms with van der Waals surface area (Å²) < 4.78 is 13.0. The molecule has 4 saturated heterocycles. The van der Waals surface area contributed by atoms with Gasteiger partial charge in [0.05, 0.1) is 6.10 Å². The normalized spacial score (nSPS) is 44.9. The highest BCUT2D eigenvalue weighted by Crippen LogP contribution is 2.60. The van der Waals surface area contributed by atoms with Crippen molar-refractivity contribution < 1.29 is 24.0 Å². The molecule has 8 atom stereocenters.